The van der Waals surface area contributed by atoms with Crippen molar-refractivity contribution in [3.8, 4) is 0 Å². The monoisotopic (exact) mass is 236 g/mol. The Morgan fingerprint density at radius 1 is 1.67 bits per heavy atom. The van der Waals surface area contributed by atoms with Gasteiger partial charge in [0.05, 0.1) is 6.61 Å². The molecule has 0 spiro atoms. The Kier molecular flexibility index (Phi) is 7.74. The first-order valence-corrected chi connectivity index (χ1v) is 5.28. The second kappa shape index (κ2) is 7.91. The third-order valence-corrected chi connectivity index (χ3v) is 2.35. The SMILES string of the molecule is CC(N)CC(=O)NCC1CCCOC1.Cl. The number of carbonyl (C=O) groups excluding carboxylic acids is 1. The van der Waals surface area contributed by atoms with Crippen LogP contribution in [0.2, 0.25) is 0 Å². The molecule has 0 saturated carbocycles. The molecule has 0 bridgehead atoms. The van der Waals surface area contributed by atoms with Crippen LogP contribution in [0.15, 0.2) is 0 Å². The third kappa shape index (κ3) is 6.71. The first kappa shape index (κ1) is 14.7. The molecule has 0 aromatic heterocycles. The van der Waals surface area contributed by atoms with Crippen molar-refractivity contribution in [2.75, 3.05) is 19.8 Å². The molecule has 5 heteroatoms. The van der Waals surface area contributed by atoms with E-state index in [1.165, 1.54) is 0 Å². The lowest BCUT2D eigenvalue weighted by molar-refractivity contribution is -0.121. The maximum Gasteiger partial charge on any atom is 0.221 e. The molecule has 1 saturated heterocycles. The van der Waals surface area contributed by atoms with Crippen LogP contribution in [-0.4, -0.2) is 31.7 Å². The number of carbonyl (C=O) groups is 1. The van der Waals surface area contributed by atoms with Crippen molar-refractivity contribution >= 4 is 18.3 Å². The van der Waals surface area contributed by atoms with Crippen LogP contribution in [0.1, 0.15) is 26.2 Å². The summed E-state index contributed by atoms with van der Waals surface area (Å²) in [5, 5.41) is 2.88. The van der Waals surface area contributed by atoms with Crippen molar-refractivity contribution in [1.29, 1.82) is 0 Å². The molecular formula is C10H21ClN2O2. The summed E-state index contributed by atoms with van der Waals surface area (Å²) in [7, 11) is 0. The number of amides is 1. The van der Waals surface area contributed by atoms with Gasteiger partial charge in [0.15, 0.2) is 0 Å². The molecule has 1 fully saturated rings. The maximum atomic E-state index is 11.3. The van der Waals surface area contributed by atoms with Gasteiger partial charge in [-0.25, -0.2) is 0 Å². The Bertz CT molecular complexity index is 182. The van der Waals surface area contributed by atoms with E-state index in [1.54, 1.807) is 0 Å². The molecule has 2 atom stereocenters. The van der Waals surface area contributed by atoms with Gasteiger partial charge >= 0.3 is 0 Å². The van der Waals surface area contributed by atoms with Gasteiger partial charge in [0.25, 0.3) is 0 Å². The third-order valence-electron chi connectivity index (χ3n) is 2.35. The van der Waals surface area contributed by atoms with E-state index in [4.69, 9.17) is 10.5 Å². The van der Waals surface area contributed by atoms with Crippen LogP contribution in [0, 0.1) is 5.92 Å². The Balaban J connectivity index is 0.00000196. The minimum absolute atomic E-state index is 0. The van der Waals surface area contributed by atoms with Crippen LogP contribution < -0.4 is 11.1 Å². The van der Waals surface area contributed by atoms with Crippen molar-refractivity contribution in [1.82, 2.24) is 5.32 Å². The van der Waals surface area contributed by atoms with Gasteiger partial charge in [0, 0.05) is 25.6 Å². The van der Waals surface area contributed by atoms with Gasteiger partial charge in [-0.05, 0) is 25.7 Å². The number of hydrogen-bond acceptors (Lipinski definition) is 3. The summed E-state index contributed by atoms with van der Waals surface area (Å²) >= 11 is 0. The lowest BCUT2D eigenvalue weighted by Gasteiger charge is -2.22. The maximum absolute atomic E-state index is 11.3. The highest BCUT2D eigenvalue weighted by Crippen LogP contribution is 2.11. The highest BCUT2D eigenvalue weighted by molar-refractivity contribution is 5.85. The van der Waals surface area contributed by atoms with Gasteiger partial charge in [-0.1, -0.05) is 0 Å². The zero-order valence-corrected chi connectivity index (χ0v) is 10.0. The lowest BCUT2D eigenvalue weighted by Crippen LogP contribution is -2.35. The molecule has 1 aliphatic rings. The average Bonchev–Trinajstić information content (AvgIpc) is 2.15. The summed E-state index contributed by atoms with van der Waals surface area (Å²) < 4.78 is 5.32. The van der Waals surface area contributed by atoms with Gasteiger partial charge in [0.2, 0.25) is 5.91 Å². The Hall–Kier alpha value is -0.320. The zero-order chi connectivity index (χ0) is 10.4. The molecule has 3 N–H and O–H groups in total. The van der Waals surface area contributed by atoms with Gasteiger partial charge < -0.3 is 15.8 Å². The second-order valence-electron chi connectivity index (χ2n) is 4.07. The molecule has 1 rings (SSSR count). The topological polar surface area (TPSA) is 64.4 Å². The lowest BCUT2D eigenvalue weighted by atomic mass is 10.0. The van der Waals surface area contributed by atoms with Crippen molar-refractivity contribution in [3.05, 3.63) is 0 Å². The molecule has 2 unspecified atom stereocenters. The fraction of sp³-hybridized carbons (Fsp3) is 0.900. The van der Waals surface area contributed by atoms with Gasteiger partial charge in [-0.15, -0.1) is 12.4 Å². The molecule has 0 aliphatic carbocycles. The van der Waals surface area contributed by atoms with E-state index >= 15 is 0 Å². The molecule has 1 heterocycles. The predicted octanol–water partition coefficient (Wildman–Crippen LogP) is 0.688. The van der Waals surface area contributed by atoms with E-state index in [-0.39, 0.29) is 24.4 Å². The average molecular weight is 237 g/mol. The summed E-state index contributed by atoms with van der Waals surface area (Å²) in [5.41, 5.74) is 5.52. The van der Waals surface area contributed by atoms with Crippen LogP contribution in [0.25, 0.3) is 0 Å². The summed E-state index contributed by atoms with van der Waals surface area (Å²) in [6, 6.07) is -0.0578. The Morgan fingerprint density at radius 3 is 2.93 bits per heavy atom. The molecular weight excluding hydrogens is 216 g/mol. The van der Waals surface area contributed by atoms with E-state index < -0.39 is 0 Å². The summed E-state index contributed by atoms with van der Waals surface area (Å²) in [4.78, 5) is 11.3. The normalized spacial score (nSPS) is 22.7. The van der Waals surface area contributed by atoms with Crippen LogP contribution in [0.5, 0.6) is 0 Å². The molecule has 90 valence electrons. The van der Waals surface area contributed by atoms with Gasteiger partial charge in [-0.2, -0.15) is 0 Å². The highest BCUT2D eigenvalue weighted by Gasteiger charge is 2.14. The number of halogens is 1. The van der Waals surface area contributed by atoms with Crippen LogP contribution in [0.3, 0.4) is 0 Å². The van der Waals surface area contributed by atoms with Crippen LogP contribution >= 0.6 is 12.4 Å². The minimum Gasteiger partial charge on any atom is -0.381 e. The van der Waals surface area contributed by atoms with Gasteiger partial charge in [-0.3, -0.25) is 4.79 Å². The predicted molar refractivity (Wildman–Crippen MR) is 62.1 cm³/mol. The fourth-order valence-corrected chi connectivity index (χ4v) is 1.59. The number of ether oxygens (including phenoxy) is 1. The smallest absolute Gasteiger partial charge is 0.221 e. The molecule has 1 aliphatic heterocycles. The van der Waals surface area contributed by atoms with E-state index in [0.29, 0.717) is 12.3 Å². The summed E-state index contributed by atoms with van der Waals surface area (Å²) in [5.74, 6) is 0.534. The Morgan fingerprint density at radius 2 is 2.40 bits per heavy atom. The van der Waals surface area contributed by atoms with Crippen molar-refractivity contribution < 1.29 is 9.53 Å². The zero-order valence-electron chi connectivity index (χ0n) is 9.20. The molecule has 0 aromatic carbocycles. The highest BCUT2D eigenvalue weighted by atomic mass is 35.5. The summed E-state index contributed by atoms with van der Waals surface area (Å²) in [6.45, 7) is 4.21. The molecule has 15 heavy (non-hydrogen) atoms. The Labute approximate surface area is 97.3 Å². The van der Waals surface area contributed by atoms with Crippen LogP contribution in [0.4, 0.5) is 0 Å². The summed E-state index contributed by atoms with van der Waals surface area (Å²) in [6.07, 6.45) is 2.67. The first-order chi connectivity index (χ1) is 6.68. The van der Waals surface area contributed by atoms with Gasteiger partial charge in [0.1, 0.15) is 0 Å². The number of rotatable bonds is 4. The second-order valence-corrected chi connectivity index (χ2v) is 4.07. The largest absolute Gasteiger partial charge is 0.381 e. The standard InChI is InChI=1S/C10H20N2O2.ClH/c1-8(11)5-10(13)12-6-9-3-2-4-14-7-9;/h8-9H,2-7,11H2,1H3,(H,12,13);1H. The first-order valence-electron chi connectivity index (χ1n) is 5.28. The minimum atomic E-state index is -0.0578. The van der Waals surface area contributed by atoms with E-state index in [1.807, 2.05) is 6.92 Å². The number of hydrogen-bond donors (Lipinski definition) is 2. The van der Waals surface area contributed by atoms with E-state index in [0.717, 1.165) is 32.6 Å². The molecule has 1 amide bonds. The molecule has 4 nitrogen and oxygen atoms in total. The number of nitrogens with two attached hydrogens (primary N) is 1. The molecule has 0 radical (unpaired) electrons. The quantitative estimate of drug-likeness (QED) is 0.755. The van der Waals surface area contributed by atoms with Crippen LogP contribution in [-0.2, 0) is 9.53 Å². The van der Waals surface area contributed by atoms with Crippen molar-refractivity contribution in [3.63, 3.8) is 0 Å². The number of nitrogens with one attached hydrogen (secondary N) is 1. The molecule has 0 aromatic rings. The van der Waals surface area contributed by atoms with E-state index in [9.17, 15) is 4.79 Å². The van der Waals surface area contributed by atoms with Crippen molar-refractivity contribution in [2.24, 2.45) is 11.7 Å². The fourth-order valence-electron chi connectivity index (χ4n) is 1.59. The van der Waals surface area contributed by atoms with Crippen molar-refractivity contribution in [2.45, 2.75) is 32.2 Å². The van der Waals surface area contributed by atoms with E-state index in [2.05, 4.69) is 5.32 Å².